The van der Waals surface area contributed by atoms with Crippen molar-refractivity contribution in [1.29, 1.82) is 0 Å². The molecule has 1 amide bonds. The van der Waals surface area contributed by atoms with Crippen LogP contribution in [0.1, 0.15) is 35.4 Å². The molecule has 1 aliphatic rings. The normalized spacial score (nSPS) is 14.8. The van der Waals surface area contributed by atoms with Crippen LogP contribution in [0.15, 0.2) is 42.7 Å². The number of rotatable bonds is 4. The lowest BCUT2D eigenvalue weighted by molar-refractivity contribution is -0.132. The third-order valence-corrected chi connectivity index (χ3v) is 3.97. The first kappa shape index (κ1) is 14.5. The summed E-state index contributed by atoms with van der Waals surface area (Å²) >= 11 is 0. The highest BCUT2D eigenvalue weighted by atomic mass is 16.2. The fraction of sp³-hybridized carbons (Fsp3) is 0.353. The highest BCUT2D eigenvalue weighted by Crippen LogP contribution is 2.12. The molecule has 22 heavy (non-hydrogen) atoms. The Morgan fingerprint density at radius 3 is 2.50 bits per heavy atom. The molecule has 0 unspecified atom stereocenters. The third kappa shape index (κ3) is 3.08. The van der Waals surface area contributed by atoms with E-state index in [0.29, 0.717) is 11.4 Å². The van der Waals surface area contributed by atoms with Crippen LogP contribution in [-0.4, -0.2) is 39.2 Å². The summed E-state index contributed by atoms with van der Waals surface area (Å²) in [4.78, 5) is 30.8. The molecule has 2 aromatic rings. The number of hydrogen-bond donors (Lipinski definition) is 0. The van der Waals surface area contributed by atoms with E-state index in [0.717, 1.165) is 25.9 Å². The van der Waals surface area contributed by atoms with E-state index < -0.39 is 0 Å². The molecule has 0 spiro atoms. The van der Waals surface area contributed by atoms with Crippen LogP contribution >= 0.6 is 0 Å². The van der Waals surface area contributed by atoms with Gasteiger partial charge in [0.1, 0.15) is 6.54 Å². The third-order valence-electron chi connectivity index (χ3n) is 3.97. The van der Waals surface area contributed by atoms with Gasteiger partial charge in [-0.1, -0.05) is 30.3 Å². The molecule has 5 heteroatoms. The zero-order valence-corrected chi connectivity index (χ0v) is 12.4. The van der Waals surface area contributed by atoms with E-state index in [9.17, 15) is 9.59 Å². The first-order chi connectivity index (χ1) is 10.8. The maximum atomic E-state index is 12.5. The van der Waals surface area contributed by atoms with Gasteiger partial charge in [-0.15, -0.1) is 0 Å². The summed E-state index contributed by atoms with van der Waals surface area (Å²) in [6.45, 7) is 1.80. The number of benzene rings is 1. The summed E-state index contributed by atoms with van der Waals surface area (Å²) in [5.41, 5.74) is 0.584. The maximum absolute atomic E-state index is 12.5. The number of piperidine rings is 1. The van der Waals surface area contributed by atoms with Gasteiger partial charge in [-0.2, -0.15) is 0 Å². The smallest absolute Gasteiger partial charge is 0.242 e. The minimum atomic E-state index is -0.156. The van der Waals surface area contributed by atoms with Gasteiger partial charge in [-0.25, -0.2) is 4.98 Å². The van der Waals surface area contributed by atoms with Crippen LogP contribution in [0.2, 0.25) is 0 Å². The molecule has 2 heterocycles. The molecule has 1 saturated heterocycles. The van der Waals surface area contributed by atoms with Crippen molar-refractivity contribution < 1.29 is 9.59 Å². The van der Waals surface area contributed by atoms with Crippen LogP contribution in [0.4, 0.5) is 0 Å². The van der Waals surface area contributed by atoms with Gasteiger partial charge in [0.2, 0.25) is 11.7 Å². The SMILES string of the molecule is O=C(c1ccccc1)c1nccn1CC(=O)N1CCCCC1. The second-order valence-corrected chi connectivity index (χ2v) is 5.52. The van der Waals surface area contributed by atoms with E-state index in [2.05, 4.69) is 4.98 Å². The molecule has 5 nitrogen and oxygen atoms in total. The van der Waals surface area contributed by atoms with E-state index >= 15 is 0 Å². The van der Waals surface area contributed by atoms with E-state index in [1.54, 1.807) is 29.1 Å². The summed E-state index contributed by atoms with van der Waals surface area (Å²) in [6.07, 6.45) is 6.57. The molecule has 1 fully saturated rings. The predicted molar refractivity (Wildman–Crippen MR) is 82.5 cm³/mol. The monoisotopic (exact) mass is 297 g/mol. The van der Waals surface area contributed by atoms with Gasteiger partial charge in [-0.3, -0.25) is 9.59 Å². The average molecular weight is 297 g/mol. The molecule has 0 N–H and O–H groups in total. The van der Waals surface area contributed by atoms with Crippen molar-refractivity contribution in [3.63, 3.8) is 0 Å². The van der Waals surface area contributed by atoms with Crippen molar-refractivity contribution >= 4 is 11.7 Å². The molecule has 1 aliphatic heterocycles. The summed E-state index contributed by atoms with van der Waals surface area (Å²) in [5, 5.41) is 0. The topological polar surface area (TPSA) is 55.2 Å². The molecule has 3 rings (SSSR count). The lowest BCUT2D eigenvalue weighted by Crippen LogP contribution is -2.38. The zero-order chi connectivity index (χ0) is 15.4. The van der Waals surface area contributed by atoms with Gasteiger partial charge in [0, 0.05) is 31.0 Å². The van der Waals surface area contributed by atoms with Gasteiger partial charge in [0.25, 0.3) is 0 Å². The maximum Gasteiger partial charge on any atom is 0.242 e. The Morgan fingerprint density at radius 1 is 1.05 bits per heavy atom. The van der Waals surface area contributed by atoms with Gasteiger partial charge < -0.3 is 9.47 Å². The standard InChI is InChI=1S/C17H19N3O2/c21-15(19-10-5-2-6-11-19)13-20-12-9-18-17(20)16(22)14-7-3-1-4-8-14/h1,3-4,7-9,12H,2,5-6,10-11,13H2. The highest BCUT2D eigenvalue weighted by molar-refractivity contribution is 6.06. The van der Waals surface area contributed by atoms with Crippen molar-refractivity contribution in [2.75, 3.05) is 13.1 Å². The molecule has 0 atom stereocenters. The number of aromatic nitrogens is 2. The van der Waals surface area contributed by atoms with E-state index in [1.807, 2.05) is 23.1 Å². The van der Waals surface area contributed by atoms with Crippen molar-refractivity contribution in [2.24, 2.45) is 0 Å². The Morgan fingerprint density at radius 2 is 1.77 bits per heavy atom. The van der Waals surface area contributed by atoms with E-state index in [-0.39, 0.29) is 18.2 Å². The molecular formula is C17H19N3O2. The molecule has 0 saturated carbocycles. The number of likely N-dealkylation sites (tertiary alicyclic amines) is 1. The van der Waals surface area contributed by atoms with Gasteiger partial charge in [0.15, 0.2) is 5.82 Å². The number of carbonyl (C=O) groups is 2. The molecule has 114 valence electrons. The average Bonchev–Trinajstić information content (AvgIpc) is 3.04. The zero-order valence-electron chi connectivity index (χ0n) is 12.4. The van der Waals surface area contributed by atoms with Crippen molar-refractivity contribution in [3.05, 3.63) is 54.1 Å². The Balaban J connectivity index is 1.74. The first-order valence-electron chi connectivity index (χ1n) is 7.64. The van der Waals surface area contributed by atoms with Gasteiger partial charge in [-0.05, 0) is 19.3 Å². The number of imidazole rings is 1. The van der Waals surface area contributed by atoms with E-state index in [4.69, 9.17) is 0 Å². The predicted octanol–water partition coefficient (Wildman–Crippen LogP) is 2.13. The fourth-order valence-corrected chi connectivity index (χ4v) is 2.75. The Labute approximate surface area is 129 Å². The van der Waals surface area contributed by atoms with Crippen LogP contribution in [-0.2, 0) is 11.3 Å². The highest BCUT2D eigenvalue weighted by Gasteiger charge is 2.20. The van der Waals surface area contributed by atoms with Crippen LogP contribution < -0.4 is 0 Å². The molecule has 0 aliphatic carbocycles. The Hall–Kier alpha value is -2.43. The van der Waals surface area contributed by atoms with Gasteiger partial charge in [0.05, 0.1) is 0 Å². The Bertz CT molecular complexity index is 658. The summed E-state index contributed by atoms with van der Waals surface area (Å²) in [5.74, 6) is 0.216. The summed E-state index contributed by atoms with van der Waals surface area (Å²) < 4.78 is 1.65. The lowest BCUT2D eigenvalue weighted by Gasteiger charge is -2.27. The Kier molecular flexibility index (Phi) is 4.32. The van der Waals surface area contributed by atoms with Crippen LogP contribution in [0.3, 0.4) is 0 Å². The summed E-state index contributed by atoms with van der Waals surface area (Å²) in [7, 11) is 0. The fourth-order valence-electron chi connectivity index (χ4n) is 2.75. The van der Waals surface area contributed by atoms with Crippen LogP contribution in [0.25, 0.3) is 0 Å². The first-order valence-corrected chi connectivity index (χ1v) is 7.64. The minimum absolute atomic E-state index is 0.0554. The number of hydrogen-bond acceptors (Lipinski definition) is 3. The molecule has 0 radical (unpaired) electrons. The lowest BCUT2D eigenvalue weighted by atomic mass is 10.1. The van der Waals surface area contributed by atoms with Crippen molar-refractivity contribution in [3.8, 4) is 0 Å². The number of ketones is 1. The van der Waals surface area contributed by atoms with Crippen LogP contribution in [0, 0.1) is 0 Å². The largest absolute Gasteiger partial charge is 0.341 e. The van der Waals surface area contributed by atoms with Crippen LogP contribution in [0.5, 0.6) is 0 Å². The second kappa shape index (κ2) is 6.56. The minimum Gasteiger partial charge on any atom is -0.341 e. The number of amides is 1. The molecular weight excluding hydrogens is 278 g/mol. The number of carbonyl (C=O) groups excluding carboxylic acids is 2. The molecule has 1 aromatic carbocycles. The van der Waals surface area contributed by atoms with Gasteiger partial charge >= 0.3 is 0 Å². The molecule has 0 bridgehead atoms. The second-order valence-electron chi connectivity index (χ2n) is 5.52. The molecule has 1 aromatic heterocycles. The van der Waals surface area contributed by atoms with Crippen molar-refractivity contribution in [2.45, 2.75) is 25.8 Å². The van der Waals surface area contributed by atoms with Crippen molar-refractivity contribution in [1.82, 2.24) is 14.5 Å². The quantitative estimate of drug-likeness (QED) is 0.812. The summed E-state index contributed by atoms with van der Waals surface area (Å²) in [6, 6.07) is 9.02. The number of nitrogens with zero attached hydrogens (tertiary/aromatic N) is 3. The van der Waals surface area contributed by atoms with E-state index in [1.165, 1.54) is 6.42 Å².